The van der Waals surface area contributed by atoms with Gasteiger partial charge in [0.15, 0.2) is 0 Å². The summed E-state index contributed by atoms with van der Waals surface area (Å²) in [5, 5.41) is 0. The molecule has 0 bridgehead atoms. The third-order valence-electron chi connectivity index (χ3n) is 6.09. The number of rotatable bonds is 2. The Kier molecular flexibility index (Phi) is 4.42. The molecule has 1 unspecified atom stereocenters. The van der Waals surface area contributed by atoms with E-state index in [-0.39, 0.29) is 5.41 Å². The summed E-state index contributed by atoms with van der Waals surface area (Å²) in [4.78, 5) is 12.3. The zero-order valence-electron chi connectivity index (χ0n) is 13.4. The van der Waals surface area contributed by atoms with Crippen molar-refractivity contribution in [1.82, 2.24) is 0 Å². The summed E-state index contributed by atoms with van der Waals surface area (Å²) in [5.74, 6) is 1.72. The van der Waals surface area contributed by atoms with E-state index in [2.05, 4.69) is 27.7 Å². The summed E-state index contributed by atoms with van der Waals surface area (Å²) in [6, 6.07) is 0. The Balaban J connectivity index is 2.18. The first-order valence-electron chi connectivity index (χ1n) is 8.42. The summed E-state index contributed by atoms with van der Waals surface area (Å²) < 4.78 is 0. The molecule has 2 fully saturated rings. The average Bonchev–Trinajstić information content (AvgIpc) is 2.39. The maximum absolute atomic E-state index is 12.3. The highest BCUT2D eigenvalue weighted by Crippen LogP contribution is 2.53. The molecule has 0 aliphatic heterocycles. The van der Waals surface area contributed by atoms with Crippen LogP contribution in [0.4, 0.5) is 0 Å². The molecule has 0 amide bonds. The van der Waals surface area contributed by atoms with Gasteiger partial charge in [-0.05, 0) is 42.4 Å². The highest BCUT2D eigenvalue weighted by molar-refractivity contribution is 5.82. The Bertz CT molecular complexity index is 319. The highest BCUT2D eigenvalue weighted by atomic mass is 16.1. The van der Waals surface area contributed by atoms with Crippen molar-refractivity contribution in [1.29, 1.82) is 0 Å². The molecule has 1 nitrogen and oxygen atoms in total. The third kappa shape index (κ3) is 3.06. The van der Waals surface area contributed by atoms with Crippen molar-refractivity contribution < 1.29 is 4.79 Å². The molecule has 0 spiro atoms. The van der Waals surface area contributed by atoms with E-state index >= 15 is 0 Å². The fourth-order valence-electron chi connectivity index (χ4n) is 4.65. The van der Waals surface area contributed by atoms with Gasteiger partial charge in [0.1, 0.15) is 5.78 Å². The molecule has 2 rings (SSSR count). The summed E-state index contributed by atoms with van der Waals surface area (Å²) in [5.41, 5.74) is 0.624. The number of Topliss-reactive ketones (excluding diaryl/α,β-unsaturated/α-hetero) is 1. The molecular formula is C18H32O. The standard InChI is InChI=1S/C18H32O/c1-5-18(14-9-7-6-8-10-14)12-11-16(19)15(13-18)17(2,3)4/h14-15H,5-13H2,1-4H3/t15?,18-/m0/s1. The van der Waals surface area contributed by atoms with E-state index in [0.29, 0.717) is 17.1 Å². The molecule has 1 heteroatoms. The van der Waals surface area contributed by atoms with E-state index in [9.17, 15) is 4.79 Å². The average molecular weight is 264 g/mol. The zero-order chi connectivity index (χ0) is 14.1. The van der Waals surface area contributed by atoms with E-state index < -0.39 is 0 Å². The van der Waals surface area contributed by atoms with E-state index in [1.54, 1.807) is 0 Å². The minimum Gasteiger partial charge on any atom is -0.299 e. The van der Waals surface area contributed by atoms with Gasteiger partial charge >= 0.3 is 0 Å². The van der Waals surface area contributed by atoms with Gasteiger partial charge in [-0.15, -0.1) is 0 Å². The van der Waals surface area contributed by atoms with Crippen LogP contribution < -0.4 is 0 Å². The van der Waals surface area contributed by atoms with E-state index in [4.69, 9.17) is 0 Å². The maximum Gasteiger partial charge on any atom is 0.136 e. The van der Waals surface area contributed by atoms with Crippen LogP contribution in [0.1, 0.15) is 85.5 Å². The van der Waals surface area contributed by atoms with Crippen LogP contribution >= 0.6 is 0 Å². The number of carbonyl (C=O) groups excluding carboxylic acids is 1. The van der Waals surface area contributed by atoms with E-state index in [1.165, 1.54) is 44.9 Å². The second-order valence-corrected chi connectivity index (χ2v) is 8.14. The Labute approximate surface area is 119 Å². The molecule has 2 aliphatic rings. The quantitative estimate of drug-likeness (QED) is 0.654. The third-order valence-corrected chi connectivity index (χ3v) is 6.09. The first kappa shape index (κ1) is 15.1. The Hall–Kier alpha value is -0.330. The molecule has 0 saturated heterocycles. The van der Waals surface area contributed by atoms with Crippen molar-refractivity contribution in [3.63, 3.8) is 0 Å². The van der Waals surface area contributed by atoms with Gasteiger partial charge in [-0.25, -0.2) is 0 Å². The molecule has 0 N–H and O–H groups in total. The lowest BCUT2D eigenvalue weighted by atomic mass is 9.55. The summed E-state index contributed by atoms with van der Waals surface area (Å²) >= 11 is 0. The van der Waals surface area contributed by atoms with Crippen molar-refractivity contribution in [2.24, 2.45) is 22.7 Å². The molecule has 0 aromatic rings. The smallest absolute Gasteiger partial charge is 0.136 e. The van der Waals surface area contributed by atoms with E-state index in [0.717, 1.165) is 18.8 Å². The van der Waals surface area contributed by atoms with Crippen molar-refractivity contribution in [3.8, 4) is 0 Å². The predicted molar refractivity (Wildman–Crippen MR) is 81.1 cm³/mol. The fraction of sp³-hybridized carbons (Fsp3) is 0.944. The van der Waals surface area contributed by atoms with Gasteiger partial charge in [0, 0.05) is 12.3 Å². The Morgan fingerprint density at radius 2 is 1.79 bits per heavy atom. The lowest BCUT2D eigenvalue weighted by Crippen LogP contribution is -2.44. The molecule has 0 heterocycles. The summed E-state index contributed by atoms with van der Waals surface area (Å²) in [7, 11) is 0. The van der Waals surface area contributed by atoms with Gasteiger partial charge in [0.25, 0.3) is 0 Å². The first-order valence-corrected chi connectivity index (χ1v) is 8.42. The molecule has 0 aromatic carbocycles. The monoisotopic (exact) mass is 264 g/mol. The SMILES string of the molecule is CC[C@]1(C2CCCCC2)CCC(=O)C(C(C)(C)C)C1. The number of hydrogen-bond acceptors (Lipinski definition) is 1. The molecule has 19 heavy (non-hydrogen) atoms. The number of ketones is 1. The first-order chi connectivity index (χ1) is 8.89. The number of carbonyl (C=O) groups is 1. The number of hydrogen-bond donors (Lipinski definition) is 0. The lowest BCUT2D eigenvalue weighted by molar-refractivity contribution is -0.134. The fourth-order valence-corrected chi connectivity index (χ4v) is 4.65. The van der Waals surface area contributed by atoms with Crippen LogP contribution in [0.2, 0.25) is 0 Å². The van der Waals surface area contributed by atoms with Crippen LogP contribution in [0.15, 0.2) is 0 Å². The second kappa shape index (κ2) is 5.58. The van der Waals surface area contributed by atoms with Crippen LogP contribution in [0, 0.1) is 22.7 Å². The van der Waals surface area contributed by atoms with Gasteiger partial charge < -0.3 is 0 Å². The normalized spacial score (nSPS) is 34.5. The largest absolute Gasteiger partial charge is 0.299 e. The molecule has 0 radical (unpaired) electrons. The van der Waals surface area contributed by atoms with Gasteiger partial charge in [0.05, 0.1) is 0 Å². The summed E-state index contributed by atoms with van der Waals surface area (Å²) in [6.45, 7) is 9.12. The van der Waals surface area contributed by atoms with Crippen molar-refractivity contribution in [2.45, 2.75) is 85.5 Å². The van der Waals surface area contributed by atoms with Crippen molar-refractivity contribution in [2.75, 3.05) is 0 Å². The molecule has 2 atom stereocenters. The second-order valence-electron chi connectivity index (χ2n) is 8.14. The molecule has 0 aromatic heterocycles. The molecule has 2 aliphatic carbocycles. The summed E-state index contributed by atoms with van der Waals surface area (Å²) in [6.07, 6.45) is 11.5. The van der Waals surface area contributed by atoms with Crippen LogP contribution in [0.25, 0.3) is 0 Å². The molecular weight excluding hydrogens is 232 g/mol. The van der Waals surface area contributed by atoms with Crippen LogP contribution in [0.5, 0.6) is 0 Å². The highest BCUT2D eigenvalue weighted by Gasteiger charge is 2.47. The molecule has 110 valence electrons. The lowest BCUT2D eigenvalue weighted by Gasteiger charge is -2.49. The predicted octanol–water partition coefficient (Wildman–Crippen LogP) is 5.38. The van der Waals surface area contributed by atoms with Gasteiger partial charge in [-0.2, -0.15) is 0 Å². The molecule has 2 saturated carbocycles. The van der Waals surface area contributed by atoms with E-state index in [1.807, 2.05) is 0 Å². The Morgan fingerprint density at radius 1 is 1.16 bits per heavy atom. The van der Waals surface area contributed by atoms with Crippen molar-refractivity contribution >= 4 is 5.78 Å². The van der Waals surface area contributed by atoms with Gasteiger partial charge in [-0.1, -0.05) is 53.4 Å². The van der Waals surface area contributed by atoms with Gasteiger partial charge in [-0.3, -0.25) is 4.79 Å². The minimum atomic E-state index is 0.145. The maximum atomic E-state index is 12.3. The van der Waals surface area contributed by atoms with Crippen molar-refractivity contribution in [3.05, 3.63) is 0 Å². The minimum absolute atomic E-state index is 0.145. The topological polar surface area (TPSA) is 17.1 Å². The van der Waals surface area contributed by atoms with Crippen LogP contribution in [-0.4, -0.2) is 5.78 Å². The zero-order valence-corrected chi connectivity index (χ0v) is 13.4. The van der Waals surface area contributed by atoms with Crippen LogP contribution in [0.3, 0.4) is 0 Å². The van der Waals surface area contributed by atoms with Crippen LogP contribution in [-0.2, 0) is 4.79 Å². The van der Waals surface area contributed by atoms with Gasteiger partial charge in [0.2, 0.25) is 0 Å². The Morgan fingerprint density at radius 3 is 2.32 bits per heavy atom.